The normalized spacial score (nSPS) is 14.8. The van der Waals surface area contributed by atoms with Gasteiger partial charge in [-0.1, -0.05) is 18.2 Å². The fourth-order valence-electron chi connectivity index (χ4n) is 4.76. The Morgan fingerprint density at radius 3 is 2.53 bits per heavy atom. The molecule has 2 aromatic heterocycles. The third-order valence-electron chi connectivity index (χ3n) is 6.42. The number of anilines is 1. The van der Waals surface area contributed by atoms with Gasteiger partial charge >= 0.3 is 0 Å². The molecule has 7 nitrogen and oxygen atoms in total. The lowest BCUT2D eigenvalue weighted by Gasteiger charge is -2.26. The number of rotatable bonds is 3. The number of hydrogen-bond donors (Lipinski definition) is 2. The summed E-state index contributed by atoms with van der Waals surface area (Å²) in [5.41, 5.74) is 3.29. The van der Waals surface area contributed by atoms with Crippen LogP contribution in [0.4, 0.5) is 10.1 Å². The molecule has 0 fully saturated rings. The Kier molecular flexibility index (Phi) is 4.97. The Hall–Kier alpha value is -4.37. The average Bonchev–Trinajstić information content (AvgIpc) is 3.08. The first-order valence-electron chi connectivity index (χ1n) is 11.3. The molecule has 0 spiro atoms. The molecule has 36 heavy (non-hydrogen) atoms. The maximum atomic E-state index is 13.6. The molecule has 0 saturated heterocycles. The van der Waals surface area contributed by atoms with Crippen LogP contribution in [0.15, 0.2) is 82.2 Å². The Labute approximate surface area is 206 Å². The molecule has 2 aromatic carbocycles. The van der Waals surface area contributed by atoms with E-state index in [1.54, 1.807) is 42.6 Å². The molecule has 1 aliphatic heterocycles. The first kappa shape index (κ1) is 22.1. The van der Waals surface area contributed by atoms with Crippen LogP contribution in [-0.4, -0.2) is 29.6 Å². The zero-order valence-corrected chi connectivity index (χ0v) is 20.0. The quantitative estimate of drug-likeness (QED) is 0.453. The topological polar surface area (TPSA) is 90.7 Å². The van der Waals surface area contributed by atoms with E-state index in [2.05, 4.69) is 9.38 Å². The standard InChI is InChI=1S/C27H21FN4O3S/c1-31-15-13-21(30-36(34,35)19-5-3-2-4-6-19)20-11-12-23-24-22(29-27(33)25(24)26(20)31)14-16-32(23)18-9-7-17(28)8-10-18/h2-15,29,33H,16H2,1H3. The summed E-state index contributed by atoms with van der Waals surface area (Å²) in [6.07, 6.45) is 7.37. The lowest BCUT2D eigenvalue weighted by atomic mass is 10.1. The third-order valence-corrected chi connectivity index (χ3v) is 7.72. The second-order valence-corrected chi connectivity index (χ2v) is 10.2. The highest BCUT2D eigenvalue weighted by molar-refractivity contribution is 7.90. The van der Waals surface area contributed by atoms with Crippen LogP contribution < -0.4 is 20.8 Å². The van der Waals surface area contributed by atoms with Gasteiger partial charge in [-0.3, -0.25) is 0 Å². The number of hydrogen-bond acceptors (Lipinski definition) is 4. The summed E-state index contributed by atoms with van der Waals surface area (Å²) in [7, 11) is -2.14. The molecule has 0 atom stereocenters. The summed E-state index contributed by atoms with van der Waals surface area (Å²) in [6.45, 7) is 0.500. The molecule has 0 amide bonds. The fraction of sp³-hybridized carbons (Fsp3) is 0.0741. The van der Waals surface area contributed by atoms with Crippen molar-refractivity contribution in [2.24, 2.45) is 11.4 Å². The van der Waals surface area contributed by atoms with Gasteiger partial charge in [-0.15, -0.1) is 0 Å². The van der Waals surface area contributed by atoms with Crippen LogP contribution >= 0.6 is 0 Å². The molecule has 9 heteroatoms. The van der Waals surface area contributed by atoms with E-state index >= 15 is 0 Å². The Morgan fingerprint density at radius 1 is 1.03 bits per heavy atom. The summed E-state index contributed by atoms with van der Waals surface area (Å²) in [5.74, 6) is -0.356. The van der Waals surface area contributed by atoms with Crippen LogP contribution in [0.3, 0.4) is 0 Å². The van der Waals surface area contributed by atoms with Gasteiger partial charge in [0.2, 0.25) is 0 Å². The summed E-state index contributed by atoms with van der Waals surface area (Å²) < 4.78 is 45.7. The van der Waals surface area contributed by atoms with Crippen molar-refractivity contribution in [1.29, 1.82) is 0 Å². The Balaban J connectivity index is 1.63. The van der Waals surface area contributed by atoms with Crippen LogP contribution in [0.5, 0.6) is 5.88 Å². The van der Waals surface area contributed by atoms with Crippen molar-refractivity contribution in [3.8, 4) is 17.1 Å². The van der Waals surface area contributed by atoms with Gasteiger partial charge in [0.15, 0.2) is 5.88 Å². The lowest BCUT2D eigenvalue weighted by Crippen LogP contribution is -2.39. The molecule has 0 radical (unpaired) electrons. The Morgan fingerprint density at radius 2 is 1.78 bits per heavy atom. The van der Waals surface area contributed by atoms with Crippen LogP contribution in [-0.2, 0) is 17.1 Å². The van der Waals surface area contributed by atoms with Crippen molar-refractivity contribution in [3.05, 3.63) is 100 Å². The zero-order valence-electron chi connectivity index (χ0n) is 19.2. The van der Waals surface area contributed by atoms with Crippen LogP contribution in [0.25, 0.3) is 29.1 Å². The third kappa shape index (κ3) is 3.47. The monoisotopic (exact) mass is 500 g/mol. The number of fused-ring (bicyclic) bond motifs is 2. The predicted molar refractivity (Wildman–Crippen MR) is 136 cm³/mol. The molecule has 6 rings (SSSR count). The van der Waals surface area contributed by atoms with Gasteiger partial charge in [-0.05, 0) is 60.7 Å². The molecule has 0 unspecified atom stereocenters. The van der Waals surface area contributed by atoms with Crippen molar-refractivity contribution in [3.63, 3.8) is 0 Å². The number of nitrogens with zero attached hydrogens (tertiary/aromatic N) is 3. The molecular weight excluding hydrogens is 479 g/mol. The number of sulfonamides is 1. The number of H-pyrrole nitrogens is 1. The van der Waals surface area contributed by atoms with E-state index in [4.69, 9.17) is 0 Å². The van der Waals surface area contributed by atoms with Crippen LogP contribution in [0, 0.1) is 5.82 Å². The zero-order chi connectivity index (χ0) is 25.0. The molecule has 3 heterocycles. The summed E-state index contributed by atoms with van der Waals surface area (Å²) >= 11 is 0. The lowest BCUT2D eigenvalue weighted by molar-refractivity contribution is 0.457. The summed E-state index contributed by atoms with van der Waals surface area (Å²) in [5, 5.41) is 12.8. The first-order chi connectivity index (χ1) is 17.3. The largest absolute Gasteiger partial charge is 0.494 e. The van der Waals surface area contributed by atoms with E-state index in [1.807, 2.05) is 34.7 Å². The smallest absolute Gasteiger partial charge is 0.282 e. The summed E-state index contributed by atoms with van der Waals surface area (Å²) in [4.78, 5) is 5.16. The molecule has 0 saturated carbocycles. The second-order valence-electron chi connectivity index (χ2n) is 8.60. The van der Waals surface area contributed by atoms with Gasteiger partial charge in [-0.2, -0.15) is 12.8 Å². The molecule has 2 aliphatic rings. The number of pyridine rings is 1. The highest BCUT2D eigenvalue weighted by Crippen LogP contribution is 2.31. The van der Waals surface area contributed by atoms with E-state index in [0.717, 1.165) is 22.0 Å². The number of nitrogens with one attached hydrogen (secondary N) is 1. The fourth-order valence-corrected chi connectivity index (χ4v) is 5.78. The van der Waals surface area contributed by atoms with Crippen molar-refractivity contribution in [2.45, 2.75) is 4.90 Å². The SMILES string of the molecule is Cn1ccc(=NS(=O)(=O)c2ccccc2)c2c1-c1c(O)[nH]c3c1=C(C=C2)N(c1ccc(F)cc1)CC=3. The average molecular weight is 501 g/mol. The molecular formula is C27H21FN4O3S. The van der Waals surface area contributed by atoms with Gasteiger partial charge in [0.1, 0.15) is 5.82 Å². The molecule has 1 aliphatic carbocycles. The Bertz CT molecular complexity index is 1850. The van der Waals surface area contributed by atoms with E-state index in [1.165, 1.54) is 24.3 Å². The summed E-state index contributed by atoms with van der Waals surface area (Å²) in [6, 6.07) is 15.9. The predicted octanol–water partition coefficient (Wildman–Crippen LogP) is 2.59. The van der Waals surface area contributed by atoms with Gasteiger partial charge in [0, 0.05) is 41.6 Å². The van der Waals surface area contributed by atoms with Gasteiger partial charge in [-0.25, -0.2) is 4.39 Å². The number of halogens is 1. The van der Waals surface area contributed by atoms with E-state index in [9.17, 15) is 17.9 Å². The van der Waals surface area contributed by atoms with E-state index in [0.29, 0.717) is 23.4 Å². The first-order valence-corrected chi connectivity index (χ1v) is 12.7. The minimum atomic E-state index is -3.97. The number of aromatic amines is 1. The van der Waals surface area contributed by atoms with Gasteiger partial charge in [0.05, 0.1) is 27.2 Å². The van der Waals surface area contributed by atoms with Gasteiger partial charge < -0.3 is 19.6 Å². The molecule has 0 bridgehead atoms. The van der Waals surface area contributed by atoms with E-state index < -0.39 is 10.0 Å². The number of aromatic nitrogens is 2. The second kappa shape index (κ2) is 8.10. The number of aromatic hydroxyl groups is 1. The van der Waals surface area contributed by atoms with Crippen LogP contribution in [0.1, 0.15) is 5.56 Å². The van der Waals surface area contributed by atoms with Crippen LogP contribution in [0.2, 0.25) is 0 Å². The van der Waals surface area contributed by atoms with Crippen molar-refractivity contribution in [2.75, 3.05) is 11.4 Å². The molecule has 180 valence electrons. The van der Waals surface area contributed by atoms with Gasteiger partial charge in [0.25, 0.3) is 10.0 Å². The van der Waals surface area contributed by atoms with E-state index in [-0.39, 0.29) is 21.9 Å². The van der Waals surface area contributed by atoms with Crippen molar-refractivity contribution in [1.82, 2.24) is 9.55 Å². The molecule has 4 aromatic rings. The minimum absolute atomic E-state index is 0.0293. The maximum Gasteiger partial charge on any atom is 0.282 e. The highest BCUT2D eigenvalue weighted by atomic mass is 32.2. The number of benzene rings is 2. The number of aryl methyl sites for hydroxylation is 1. The minimum Gasteiger partial charge on any atom is -0.494 e. The molecule has 2 N–H and O–H groups in total. The maximum absolute atomic E-state index is 13.6. The van der Waals surface area contributed by atoms with Crippen molar-refractivity contribution >= 4 is 33.6 Å². The van der Waals surface area contributed by atoms with Crippen molar-refractivity contribution < 1.29 is 17.9 Å². The highest BCUT2D eigenvalue weighted by Gasteiger charge is 2.26.